The molecule has 0 amide bonds. The Kier molecular flexibility index (Phi) is 5.74. The van der Waals surface area contributed by atoms with E-state index in [2.05, 4.69) is 20.9 Å². The van der Waals surface area contributed by atoms with Crippen molar-refractivity contribution in [3.05, 3.63) is 107 Å². The molecule has 1 saturated heterocycles. The summed E-state index contributed by atoms with van der Waals surface area (Å²) in [5.74, 6) is -0.818. The van der Waals surface area contributed by atoms with Crippen LogP contribution in [0.2, 0.25) is 0 Å². The Labute approximate surface area is 208 Å². The third kappa shape index (κ3) is 3.91. The number of nitrogens with one attached hydrogen (secondary N) is 1. The van der Waals surface area contributed by atoms with E-state index >= 15 is 0 Å². The summed E-state index contributed by atoms with van der Waals surface area (Å²) in [7, 11) is 0. The van der Waals surface area contributed by atoms with E-state index in [1.807, 2.05) is 61.2 Å². The predicted octanol–water partition coefficient (Wildman–Crippen LogP) is 5.07. The van der Waals surface area contributed by atoms with Crippen LogP contribution < -0.4 is 10.2 Å². The molecule has 1 fully saturated rings. The summed E-state index contributed by atoms with van der Waals surface area (Å²) >= 11 is 5.76. The van der Waals surface area contributed by atoms with E-state index in [4.69, 9.17) is 12.2 Å². The number of carboxylic acids is 1. The molecule has 5 rings (SSSR count). The predicted molar refractivity (Wildman–Crippen MR) is 138 cm³/mol. The number of anilines is 1. The van der Waals surface area contributed by atoms with Crippen LogP contribution in [0.4, 0.5) is 5.69 Å². The Balaban J connectivity index is 1.67. The number of hydrogen-bond donors (Lipinski definition) is 3. The van der Waals surface area contributed by atoms with Gasteiger partial charge in [-0.15, -0.1) is 0 Å². The third-order valence-electron chi connectivity index (χ3n) is 6.40. The molecule has 0 radical (unpaired) electrons. The molecule has 8 heteroatoms. The fraction of sp³-hybridized carbons (Fsp3) is 0.148. The number of thiocarbonyl (C=S) groups is 1. The lowest BCUT2D eigenvalue weighted by molar-refractivity contribution is 0.0697. The number of phenols is 1. The van der Waals surface area contributed by atoms with E-state index in [1.165, 1.54) is 0 Å². The van der Waals surface area contributed by atoms with Gasteiger partial charge in [0.25, 0.3) is 0 Å². The molecule has 2 aromatic carbocycles. The first kappa shape index (κ1) is 22.6. The summed E-state index contributed by atoms with van der Waals surface area (Å²) in [5.41, 5.74) is 5.57. The van der Waals surface area contributed by atoms with Gasteiger partial charge in [-0.2, -0.15) is 0 Å². The van der Waals surface area contributed by atoms with Crippen molar-refractivity contribution in [2.24, 2.45) is 0 Å². The number of aryl methyl sites for hydroxylation is 1. The van der Waals surface area contributed by atoms with Crippen LogP contribution in [0.1, 0.15) is 45.1 Å². The lowest BCUT2D eigenvalue weighted by Crippen LogP contribution is -2.29. The average Bonchev–Trinajstić information content (AvgIpc) is 3.35. The molecule has 0 saturated carbocycles. The van der Waals surface area contributed by atoms with Crippen LogP contribution in [0.15, 0.2) is 79.0 Å². The zero-order valence-corrected chi connectivity index (χ0v) is 20.0. The number of aromatic nitrogens is 2. The van der Waals surface area contributed by atoms with Crippen molar-refractivity contribution in [3.8, 4) is 11.4 Å². The second-order valence-corrected chi connectivity index (χ2v) is 8.89. The highest BCUT2D eigenvalue weighted by atomic mass is 32.1. The van der Waals surface area contributed by atoms with Crippen molar-refractivity contribution in [2.45, 2.75) is 25.9 Å². The number of carboxylic acid groups (broad SMARTS) is 1. The summed E-state index contributed by atoms with van der Waals surface area (Å²) in [4.78, 5) is 17.8. The molecule has 35 heavy (non-hydrogen) atoms. The van der Waals surface area contributed by atoms with Crippen LogP contribution in [0.25, 0.3) is 5.69 Å². The number of pyridine rings is 1. The fourth-order valence-corrected chi connectivity index (χ4v) is 5.17. The molecule has 2 atom stereocenters. The molecule has 176 valence electrons. The number of benzene rings is 2. The molecular formula is C27H24N4O3S. The Morgan fingerprint density at radius 3 is 2.40 bits per heavy atom. The highest BCUT2D eigenvalue weighted by molar-refractivity contribution is 7.80. The van der Waals surface area contributed by atoms with Crippen molar-refractivity contribution < 1.29 is 15.0 Å². The molecule has 4 aromatic rings. The van der Waals surface area contributed by atoms with Gasteiger partial charge in [0.1, 0.15) is 5.75 Å². The highest BCUT2D eigenvalue weighted by Gasteiger charge is 2.43. The van der Waals surface area contributed by atoms with Crippen molar-refractivity contribution in [2.75, 3.05) is 4.90 Å². The third-order valence-corrected chi connectivity index (χ3v) is 6.72. The van der Waals surface area contributed by atoms with E-state index in [-0.39, 0.29) is 23.4 Å². The van der Waals surface area contributed by atoms with Gasteiger partial charge in [-0.1, -0.05) is 18.2 Å². The van der Waals surface area contributed by atoms with Gasteiger partial charge < -0.3 is 25.0 Å². The summed E-state index contributed by atoms with van der Waals surface area (Å²) in [6.07, 6.45) is 1.76. The minimum absolute atomic E-state index is 0.140. The molecular weight excluding hydrogens is 460 g/mol. The minimum Gasteiger partial charge on any atom is -0.506 e. The van der Waals surface area contributed by atoms with Crippen LogP contribution >= 0.6 is 12.2 Å². The first-order valence-corrected chi connectivity index (χ1v) is 11.6. The largest absolute Gasteiger partial charge is 0.506 e. The van der Waals surface area contributed by atoms with Crippen molar-refractivity contribution >= 4 is 29.0 Å². The van der Waals surface area contributed by atoms with Crippen LogP contribution in [0, 0.1) is 13.8 Å². The Bertz CT molecular complexity index is 1420. The van der Waals surface area contributed by atoms with Crippen LogP contribution in [-0.4, -0.2) is 30.8 Å². The van der Waals surface area contributed by atoms with Gasteiger partial charge in [0, 0.05) is 23.3 Å². The molecule has 0 aliphatic carbocycles. The number of aromatic carboxylic acids is 1. The fourth-order valence-electron chi connectivity index (χ4n) is 4.84. The number of carbonyl (C=O) groups is 1. The number of rotatable bonds is 5. The van der Waals surface area contributed by atoms with Gasteiger partial charge in [0.2, 0.25) is 0 Å². The van der Waals surface area contributed by atoms with E-state index in [0.29, 0.717) is 10.8 Å². The molecule has 7 nitrogen and oxygen atoms in total. The van der Waals surface area contributed by atoms with Gasteiger partial charge in [-0.25, -0.2) is 4.79 Å². The molecule has 0 bridgehead atoms. The standard InChI is InChI=1S/C27H24N4O3S/c1-16-15-20(17(2)30(16)19-12-10-18(11-13-19)26(33)34)25-24(21-7-5-6-14-28-21)29-27(35)31(25)22-8-3-4-9-23(22)32/h3-15,24-25,32H,1-2H3,(H,29,35)(H,33,34). The molecule has 3 heterocycles. The average molecular weight is 485 g/mol. The Morgan fingerprint density at radius 1 is 1.03 bits per heavy atom. The second-order valence-electron chi connectivity index (χ2n) is 8.50. The zero-order valence-electron chi connectivity index (χ0n) is 19.2. The molecule has 1 aliphatic rings. The van der Waals surface area contributed by atoms with Crippen molar-refractivity contribution in [3.63, 3.8) is 0 Å². The lowest BCUT2D eigenvalue weighted by Gasteiger charge is -2.28. The lowest BCUT2D eigenvalue weighted by atomic mass is 9.96. The summed E-state index contributed by atoms with van der Waals surface area (Å²) in [6.45, 7) is 4.05. The number of hydrogen-bond acceptors (Lipinski definition) is 4. The molecule has 3 N–H and O–H groups in total. The number of aromatic hydroxyl groups is 1. The zero-order chi connectivity index (χ0) is 24.7. The van der Waals surface area contributed by atoms with Gasteiger partial charge >= 0.3 is 5.97 Å². The number of nitrogens with zero attached hydrogens (tertiary/aromatic N) is 3. The first-order valence-electron chi connectivity index (χ1n) is 11.2. The Hall–Kier alpha value is -4.17. The quantitative estimate of drug-likeness (QED) is 0.341. The number of para-hydroxylation sites is 2. The Morgan fingerprint density at radius 2 is 1.74 bits per heavy atom. The smallest absolute Gasteiger partial charge is 0.335 e. The van der Waals surface area contributed by atoms with Crippen LogP contribution in [-0.2, 0) is 0 Å². The van der Waals surface area contributed by atoms with Crippen LogP contribution in [0.3, 0.4) is 0 Å². The SMILES string of the molecule is Cc1cc(C2C(c3ccccn3)NC(=S)N2c2ccccc2O)c(C)n1-c1ccc(C(=O)O)cc1. The highest BCUT2D eigenvalue weighted by Crippen LogP contribution is 2.45. The maximum Gasteiger partial charge on any atom is 0.335 e. The van der Waals surface area contributed by atoms with Gasteiger partial charge in [0.05, 0.1) is 29.0 Å². The van der Waals surface area contributed by atoms with Gasteiger partial charge in [-0.3, -0.25) is 4.98 Å². The topological polar surface area (TPSA) is 90.6 Å². The van der Waals surface area contributed by atoms with Crippen molar-refractivity contribution in [1.29, 1.82) is 0 Å². The number of phenolic OH excluding ortho intramolecular Hbond substituents is 1. The van der Waals surface area contributed by atoms with Gasteiger partial charge in [-0.05, 0) is 86.2 Å². The molecule has 2 unspecified atom stereocenters. The maximum atomic E-state index is 11.3. The first-order chi connectivity index (χ1) is 16.9. The summed E-state index contributed by atoms with van der Waals surface area (Å²) < 4.78 is 2.10. The minimum atomic E-state index is -0.958. The summed E-state index contributed by atoms with van der Waals surface area (Å²) in [5, 5.41) is 23.9. The van der Waals surface area contributed by atoms with E-state index in [0.717, 1.165) is 28.3 Å². The molecule has 2 aromatic heterocycles. The molecule has 0 spiro atoms. The monoisotopic (exact) mass is 484 g/mol. The van der Waals surface area contributed by atoms with Crippen molar-refractivity contribution in [1.82, 2.24) is 14.9 Å². The normalized spacial score (nSPS) is 17.4. The summed E-state index contributed by atoms with van der Waals surface area (Å²) in [6, 6.07) is 21.4. The molecule has 1 aliphatic heterocycles. The van der Waals surface area contributed by atoms with Gasteiger partial charge in [0.15, 0.2) is 5.11 Å². The van der Waals surface area contributed by atoms with E-state index in [1.54, 1.807) is 30.5 Å². The van der Waals surface area contributed by atoms with Crippen LogP contribution in [0.5, 0.6) is 5.75 Å². The second kappa shape index (κ2) is 8.88. The van der Waals surface area contributed by atoms with E-state index in [9.17, 15) is 15.0 Å². The van der Waals surface area contributed by atoms with E-state index < -0.39 is 5.97 Å². The maximum absolute atomic E-state index is 11.3.